The van der Waals surface area contributed by atoms with Crippen molar-refractivity contribution < 1.29 is 4.39 Å². The molecule has 0 bridgehead atoms. The van der Waals surface area contributed by atoms with Gasteiger partial charge in [-0.2, -0.15) is 0 Å². The van der Waals surface area contributed by atoms with Crippen LogP contribution in [0.3, 0.4) is 0 Å². The second-order valence-corrected chi connectivity index (χ2v) is 5.79. The average molecular weight is 284 g/mol. The molecule has 2 aromatic rings. The van der Waals surface area contributed by atoms with E-state index in [0.717, 1.165) is 30.5 Å². The predicted molar refractivity (Wildman–Crippen MR) is 84.8 cm³/mol. The van der Waals surface area contributed by atoms with E-state index in [0.29, 0.717) is 13.1 Å². The zero-order valence-electron chi connectivity index (χ0n) is 12.4. The maximum atomic E-state index is 14.1. The van der Waals surface area contributed by atoms with Gasteiger partial charge in [-0.3, -0.25) is 0 Å². The molecule has 0 aromatic heterocycles. The molecule has 0 radical (unpaired) electrons. The van der Waals surface area contributed by atoms with Gasteiger partial charge in [0.25, 0.3) is 0 Å². The molecule has 0 aliphatic carbocycles. The Kier molecular flexibility index (Phi) is 3.93. The number of nitrogens with two attached hydrogens (primary N) is 1. The van der Waals surface area contributed by atoms with Gasteiger partial charge in [-0.25, -0.2) is 4.39 Å². The Labute approximate surface area is 125 Å². The van der Waals surface area contributed by atoms with Crippen molar-refractivity contribution in [1.29, 1.82) is 0 Å². The van der Waals surface area contributed by atoms with Crippen molar-refractivity contribution >= 4 is 5.69 Å². The fourth-order valence-corrected chi connectivity index (χ4v) is 3.02. The molecule has 3 rings (SSSR count). The van der Waals surface area contributed by atoms with Crippen LogP contribution in [0.4, 0.5) is 10.1 Å². The summed E-state index contributed by atoms with van der Waals surface area (Å²) >= 11 is 0. The summed E-state index contributed by atoms with van der Waals surface area (Å²) in [6.45, 7) is 4.09. The smallest absolute Gasteiger partial charge is 0.128 e. The van der Waals surface area contributed by atoms with Crippen LogP contribution in [0.1, 0.15) is 28.7 Å². The third kappa shape index (κ3) is 2.93. The second kappa shape index (κ2) is 5.86. The first kappa shape index (κ1) is 14.1. The predicted octanol–water partition coefficient (Wildman–Crippen LogP) is 3.55. The number of rotatable bonds is 3. The van der Waals surface area contributed by atoms with E-state index in [4.69, 9.17) is 5.73 Å². The van der Waals surface area contributed by atoms with Gasteiger partial charge in [-0.1, -0.05) is 29.8 Å². The van der Waals surface area contributed by atoms with E-state index in [1.165, 1.54) is 16.8 Å². The Morgan fingerprint density at radius 2 is 2.05 bits per heavy atom. The monoisotopic (exact) mass is 284 g/mol. The molecule has 3 heteroatoms. The van der Waals surface area contributed by atoms with Gasteiger partial charge in [-0.15, -0.1) is 0 Å². The van der Waals surface area contributed by atoms with Crippen molar-refractivity contribution in [2.75, 3.05) is 11.4 Å². The van der Waals surface area contributed by atoms with E-state index in [1.807, 2.05) is 12.1 Å². The van der Waals surface area contributed by atoms with Crippen molar-refractivity contribution in [2.24, 2.45) is 5.73 Å². The van der Waals surface area contributed by atoms with E-state index in [9.17, 15) is 4.39 Å². The number of nitrogens with zero attached hydrogens (tertiary/aromatic N) is 1. The van der Waals surface area contributed by atoms with Crippen LogP contribution in [-0.2, 0) is 19.5 Å². The number of fused-ring (bicyclic) bond motifs is 1. The lowest BCUT2D eigenvalue weighted by molar-refractivity contribution is 0.595. The first-order valence-corrected chi connectivity index (χ1v) is 7.49. The lowest BCUT2D eigenvalue weighted by atomic mass is 9.99. The molecule has 1 aliphatic rings. The summed E-state index contributed by atoms with van der Waals surface area (Å²) in [7, 11) is 0. The van der Waals surface area contributed by atoms with Crippen LogP contribution >= 0.6 is 0 Å². The van der Waals surface area contributed by atoms with Gasteiger partial charge in [0.2, 0.25) is 0 Å². The number of halogens is 1. The molecule has 21 heavy (non-hydrogen) atoms. The van der Waals surface area contributed by atoms with Gasteiger partial charge in [0, 0.05) is 30.9 Å². The zero-order valence-corrected chi connectivity index (χ0v) is 12.4. The fourth-order valence-electron chi connectivity index (χ4n) is 3.02. The summed E-state index contributed by atoms with van der Waals surface area (Å²) in [6.07, 6.45) is 2.24. The molecule has 2 aromatic carbocycles. The molecule has 2 nitrogen and oxygen atoms in total. The topological polar surface area (TPSA) is 29.3 Å². The minimum atomic E-state index is -0.155. The maximum Gasteiger partial charge on any atom is 0.128 e. The van der Waals surface area contributed by atoms with E-state index in [2.05, 4.69) is 30.0 Å². The summed E-state index contributed by atoms with van der Waals surface area (Å²) in [5.74, 6) is -0.155. The van der Waals surface area contributed by atoms with Gasteiger partial charge in [0.15, 0.2) is 0 Å². The highest BCUT2D eigenvalue weighted by atomic mass is 19.1. The normalized spacial score (nSPS) is 14.1. The summed E-state index contributed by atoms with van der Waals surface area (Å²) in [6, 6.07) is 11.9. The minimum Gasteiger partial charge on any atom is -0.367 e. The van der Waals surface area contributed by atoms with Gasteiger partial charge < -0.3 is 10.6 Å². The molecule has 0 saturated carbocycles. The quantitative estimate of drug-likeness (QED) is 0.934. The third-order valence-electron chi connectivity index (χ3n) is 4.16. The van der Waals surface area contributed by atoms with Crippen LogP contribution < -0.4 is 10.6 Å². The molecule has 0 atom stereocenters. The molecule has 0 unspecified atom stereocenters. The van der Waals surface area contributed by atoms with Crippen LogP contribution in [0.25, 0.3) is 0 Å². The molecule has 0 spiro atoms. The number of benzene rings is 2. The van der Waals surface area contributed by atoms with Gasteiger partial charge in [-0.05, 0) is 43.0 Å². The minimum absolute atomic E-state index is 0.155. The van der Waals surface area contributed by atoms with Gasteiger partial charge in [0.1, 0.15) is 5.82 Å². The van der Waals surface area contributed by atoms with Crippen LogP contribution in [0.5, 0.6) is 0 Å². The third-order valence-corrected chi connectivity index (χ3v) is 4.16. The molecular weight excluding hydrogens is 263 g/mol. The first-order chi connectivity index (χ1) is 10.2. The van der Waals surface area contributed by atoms with Crippen molar-refractivity contribution in [3.63, 3.8) is 0 Å². The maximum absolute atomic E-state index is 14.1. The molecule has 1 heterocycles. The van der Waals surface area contributed by atoms with Crippen molar-refractivity contribution in [1.82, 2.24) is 0 Å². The largest absolute Gasteiger partial charge is 0.367 e. The van der Waals surface area contributed by atoms with Crippen molar-refractivity contribution in [2.45, 2.75) is 32.9 Å². The van der Waals surface area contributed by atoms with Crippen LogP contribution in [0.2, 0.25) is 0 Å². The SMILES string of the molecule is Cc1ccc2c(c1)CCCN2Cc1ccc(CN)cc1F. The summed E-state index contributed by atoms with van der Waals surface area (Å²) in [4.78, 5) is 2.28. The lowest BCUT2D eigenvalue weighted by Gasteiger charge is -2.31. The summed E-state index contributed by atoms with van der Waals surface area (Å²) in [5, 5.41) is 0. The molecule has 110 valence electrons. The molecule has 1 aliphatic heterocycles. The Morgan fingerprint density at radius 1 is 1.19 bits per heavy atom. The van der Waals surface area contributed by atoms with Crippen LogP contribution in [-0.4, -0.2) is 6.54 Å². The fraction of sp³-hybridized carbons (Fsp3) is 0.333. The number of hydrogen-bond acceptors (Lipinski definition) is 2. The number of hydrogen-bond donors (Lipinski definition) is 1. The molecule has 0 amide bonds. The van der Waals surface area contributed by atoms with Crippen LogP contribution in [0, 0.1) is 12.7 Å². The van der Waals surface area contributed by atoms with E-state index < -0.39 is 0 Å². The Morgan fingerprint density at radius 3 is 2.81 bits per heavy atom. The first-order valence-electron chi connectivity index (χ1n) is 7.49. The highest BCUT2D eigenvalue weighted by Crippen LogP contribution is 2.29. The highest BCUT2D eigenvalue weighted by Gasteiger charge is 2.18. The average Bonchev–Trinajstić information content (AvgIpc) is 2.49. The van der Waals surface area contributed by atoms with Crippen molar-refractivity contribution in [3.8, 4) is 0 Å². The lowest BCUT2D eigenvalue weighted by Crippen LogP contribution is -2.29. The van der Waals surface area contributed by atoms with Gasteiger partial charge >= 0.3 is 0 Å². The molecular formula is C18H21FN2. The molecule has 0 saturated heterocycles. The second-order valence-electron chi connectivity index (χ2n) is 5.79. The van der Waals surface area contributed by atoms with E-state index in [1.54, 1.807) is 6.07 Å². The van der Waals surface area contributed by atoms with Gasteiger partial charge in [0.05, 0.1) is 0 Å². The zero-order chi connectivity index (χ0) is 14.8. The van der Waals surface area contributed by atoms with Crippen LogP contribution in [0.15, 0.2) is 36.4 Å². The summed E-state index contributed by atoms with van der Waals surface area (Å²) in [5.41, 5.74) is 11.0. The standard InChI is InChI=1S/C18H21FN2/c1-13-4-7-18-15(9-13)3-2-8-21(18)12-16-6-5-14(11-20)10-17(16)19/h4-7,9-10H,2-3,8,11-12,20H2,1H3. The van der Waals surface area contributed by atoms with E-state index in [-0.39, 0.29) is 5.82 Å². The Bertz CT molecular complexity index is 652. The Hall–Kier alpha value is -1.87. The Balaban J connectivity index is 1.87. The highest BCUT2D eigenvalue weighted by molar-refractivity contribution is 5.57. The van der Waals surface area contributed by atoms with Crippen molar-refractivity contribution in [3.05, 3.63) is 64.5 Å². The summed E-state index contributed by atoms with van der Waals surface area (Å²) < 4.78 is 14.1. The van der Waals surface area contributed by atoms with E-state index >= 15 is 0 Å². The molecule has 2 N–H and O–H groups in total. The number of anilines is 1. The number of aryl methyl sites for hydroxylation is 2. The molecule has 0 fully saturated rings.